The van der Waals surface area contributed by atoms with Gasteiger partial charge in [0.2, 0.25) is 0 Å². The number of nitrogens with zero attached hydrogens (tertiary/aromatic N) is 5. The lowest BCUT2D eigenvalue weighted by atomic mass is 10.1. The number of nitro groups is 1. The maximum absolute atomic E-state index is 10.9. The molecule has 1 N–H and O–H groups in total. The molecule has 0 spiro atoms. The molecule has 0 aromatic heterocycles. The van der Waals surface area contributed by atoms with E-state index in [1.165, 1.54) is 23.8 Å². The number of hydrogen-bond acceptors (Lipinski definition) is 7. The lowest BCUT2D eigenvalue weighted by Crippen LogP contribution is -2.05. The molecule has 32 heavy (non-hydrogen) atoms. The average Bonchev–Trinajstić information content (AvgIpc) is 2.82. The monoisotopic (exact) mass is 424 g/mol. The first-order chi connectivity index (χ1) is 15.6. The second kappa shape index (κ2) is 11.0. The summed E-state index contributed by atoms with van der Waals surface area (Å²) < 4.78 is 0. The van der Waals surface area contributed by atoms with Gasteiger partial charge >= 0.3 is 0 Å². The molecular weight excluding hydrogens is 404 g/mol. The number of anilines is 1. The topological polar surface area (TPSA) is 127 Å². The molecule has 0 heterocycles. The Morgan fingerprint density at radius 2 is 1.59 bits per heavy atom. The molecule has 8 nitrogen and oxygen atoms in total. The Hall–Kier alpha value is -4.56. The fourth-order valence-corrected chi connectivity index (χ4v) is 3.05. The van der Waals surface area contributed by atoms with Crippen LogP contribution in [0.5, 0.6) is 0 Å². The van der Waals surface area contributed by atoms with Gasteiger partial charge in [-0.15, -0.1) is 10.2 Å². The molecule has 0 atom stereocenters. The zero-order valence-electron chi connectivity index (χ0n) is 17.2. The number of rotatable bonds is 9. The molecule has 0 amide bonds. The molecule has 0 aliphatic rings. The Balaban J connectivity index is 1.66. The van der Waals surface area contributed by atoms with E-state index in [2.05, 4.69) is 33.7 Å². The molecule has 3 aromatic rings. The number of non-ortho nitro benzene ring substituents is 1. The number of nitro benzene ring substituents is 1. The first-order valence-electron chi connectivity index (χ1n) is 9.98. The first kappa shape index (κ1) is 22.1. The van der Waals surface area contributed by atoms with Crippen molar-refractivity contribution in [1.29, 1.82) is 10.5 Å². The summed E-state index contributed by atoms with van der Waals surface area (Å²) in [4.78, 5) is 10.3. The molecule has 0 aliphatic carbocycles. The molecule has 3 aromatic carbocycles. The second-order valence-electron chi connectivity index (χ2n) is 6.94. The van der Waals surface area contributed by atoms with Gasteiger partial charge in [-0.1, -0.05) is 36.4 Å². The quantitative estimate of drug-likeness (QED) is 0.256. The van der Waals surface area contributed by atoms with Gasteiger partial charge in [0.05, 0.1) is 22.2 Å². The Labute approximate surface area is 185 Å². The van der Waals surface area contributed by atoms with Crippen molar-refractivity contribution in [3.05, 3.63) is 93.5 Å². The van der Waals surface area contributed by atoms with Crippen LogP contribution in [-0.4, -0.2) is 11.5 Å². The standard InChI is InChI=1S/C24H20N6O2/c25-14-3-4-18-7-9-19(10-8-18)13-15-27-23-5-1-2-6-24(23)29-28-22-12-11-21(30(31)32)16-20(22)17-26/h1-2,5-12,16,27H,3-4,13,15H2. The molecule has 158 valence electrons. The van der Waals surface area contributed by atoms with Crippen LogP contribution in [0, 0.1) is 32.8 Å². The summed E-state index contributed by atoms with van der Waals surface area (Å²) >= 11 is 0. The number of azo groups is 1. The minimum Gasteiger partial charge on any atom is -0.383 e. The number of para-hydroxylation sites is 1. The third-order valence-corrected chi connectivity index (χ3v) is 4.76. The van der Waals surface area contributed by atoms with Crippen molar-refractivity contribution in [2.24, 2.45) is 10.2 Å². The predicted octanol–water partition coefficient (Wildman–Crippen LogP) is 5.99. The van der Waals surface area contributed by atoms with Crippen LogP contribution in [-0.2, 0) is 12.8 Å². The van der Waals surface area contributed by atoms with Crippen LogP contribution in [0.25, 0.3) is 0 Å². The minimum atomic E-state index is -0.555. The van der Waals surface area contributed by atoms with Crippen molar-refractivity contribution in [3.8, 4) is 12.1 Å². The third kappa shape index (κ3) is 5.97. The Kier molecular flexibility index (Phi) is 7.61. The maximum atomic E-state index is 10.9. The zero-order valence-corrected chi connectivity index (χ0v) is 17.2. The zero-order chi connectivity index (χ0) is 22.8. The van der Waals surface area contributed by atoms with E-state index in [0.717, 1.165) is 24.1 Å². The highest BCUT2D eigenvalue weighted by atomic mass is 16.6. The molecule has 0 saturated heterocycles. The van der Waals surface area contributed by atoms with E-state index < -0.39 is 4.92 Å². The van der Waals surface area contributed by atoms with Gasteiger partial charge in [-0.25, -0.2) is 0 Å². The van der Waals surface area contributed by atoms with E-state index in [9.17, 15) is 15.4 Å². The van der Waals surface area contributed by atoms with E-state index in [1.807, 2.05) is 36.4 Å². The van der Waals surface area contributed by atoms with Crippen molar-refractivity contribution in [2.45, 2.75) is 19.3 Å². The summed E-state index contributed by atoms with van der Waals surface area (Å²) in [5.41, 5.74) is 3.92. The second-order valence-corrected chi connectivity index (χ2v) is 6.94. The molecule has 0 aliphatic heterocycles. The highest BCUT2D eigenvalue weighted by Gasteiger charge is 2.10. The van der Waals surface area contributed by atoms with E-state index >= 15 is 0 Å². The number of nitrogens with one attached hydrogen (secondary N) is 1. The van der Waals surface area contributed by atoms with Gasteiger partial charge in [-0.2, -0.15) is 10.5 Å². The summed E-state index contributed by atoms with van der Waals surface area (Å²) in [5, 5.41) is 40.5. The summed E-state index contributed by atoms with van der Waals surface area (Å²) in [5.74, 6) is 0. The van der Waals surface area contributed by atoms with Gasteiger partial charge in [-0.05, 0) is 42.2 Å². The van der Waals surface area contributed by atoms with Crippen molar-refractivity contribution in [2.75, 3.05) is 11.9 Å². The van der Waals surface area contributed by atoms with Gasteiger partial charge in [0.1, 0.15) is 17.4 Å². The van der Waals surface area contributed by atoms with Crippen molar-refractivity contribution < 1.29 is 4.92 Å². The van der Waals surface area contributed by atoms with E-state index in [0.29, 0.717) is 18.7 Å². The van der Waals surface area contributed by atoms with Gasteiger partial charge in [0, 0.05) is 25.1 Å². The van der Waals surface area contributed by atoms with E-state index in [1.54, 1.807) is 6.07 Å². The SMILES string of the molecule is N#CCCc1ccc(CCNc2ccccc2N=Nc2ccc([N+](=O)[O-])cc2C#N)cc1. The maximum Gasteiger partial charge on any atom is 0.270 e. The normalized spacial score (nSPS) is 10.4. The Morgan fingerprint density at radius 1 is 0.906 bits per heavy atom. The smallest absolute Gasteiger partial charge is 0.270 e. The van der Waals surface area contributed by atoms with Gasteiger partial charge in [0.15, 0.2) is 0 Å². The molecule has 0 fully saturated rings. The van der Waals surface area contributed by atoms with Crippen LogP contribution in [0.4, 0.5) is 22.7 Å². The van der Waals surface area contributed by atoms with Crippen LogP contribution in [0.2, 0.25) is 0 Å². The summed E-state index contributed by atoms with van der Waals surface area (Å²) in [6.45, 7) is 0.686. The average molecular weight is 424 g/mol. The van der Waals surface area contributed by atoms with E-state index in [4.69, 9.17) is 5.26 Å². The molecule has 3 rings (SSSR count). The Bertz CT molecular complexity index is 1210. The fraction of sp³-hybridized carbons (Fsp3) is 0.167. The van der Waals surface area contributed by atoms with Crippen molar-refractivity contribution >= 4 is 22.7 Å². The summed E-state index contributed by atoms with van der Waals surface area (Å²) in [7, 11) is 0. The molecule has 0 radical (unpaired) electrons. The van der Waals surface area contributed by atoms with Gasteiger partial charge in [-0.3, -0.25) is 10.1 Å². The number of aryl methyl sites for hydroxylation is 1. The lowest BCUT2D eigenvalue weighted by Gasteiger charge is -2.09. The van der Waals surface area contributed by atoms with Crippen molar-refractivity contribution in [3.63, 3.8) is 0 Å². The molecule has 0 bridgehead atoms. The van der Waals surface area contributed by atoms with Crippen LogP contribution >= 0.6 is 0 Å². The largest absolute Gasteiger partial charge is 0.383 e. The molecule has 0 unspecified atom stereocenters. The van der Waals surface area contributed by atoms with Crippen LogP contribution in [0.1, 0.15) is 23.1 Å². The summed E-state index contributed by atoms with van der Waals surface area (Å²) in [6.07, 6.45) is 2.09. The number of hydrogen-bond donors (Lipinski definition) is 1. The van der Waals surface area contributed by atoms with E-state index in [-0.39, 0.29) is 16.9 Å². The fourth-order valence-electron chi connectivity index (χ4n) is 3.05. The third-order valence-electron chi connectivity index (χ3n) is 4.76. The van der Waals surface area contributed by atoms with Crippen LogP contribution < -0.4 is 5.32 Å². The Morgan fingerprint density at radius 3 is 2.28 bits per heavy atom. The highest BCUT2D eigenvalue weighted by Crippen LogP contribution is 2.29. The van der Waals surface area contributed by atoms with Crippen LogP contribution in [0.3, 0.4) is 0 Å². The molecule has 0 saturated carbocycles. The lowest BCUT2D eigenvalue weighted by molar-refractivity contribution is -0.384. The van der Waals surface area contributed by atoms with Gasteiger partial charge < -0.3 is 5.32 Å². The summed E-state index contributed by atoms with van der Waals surface area (Å²) in [6, 6.07) is 23.6. The molecular formula is C24H20N6O2. The molecule has 8 heteroatoms. The number of nitriles is 2. The van der Waals surface area contributed by atoms with Gasteiger partial charge in [0.25, 0.3) is 5.69 Å². The number of benzene rings is 3. The van der Waals surface area contributed by atoms with Crippen molar-refractivity contribution in [1.82, 2.24) is 0 Å². The van der Waals surface area contributed by atoms with Crippen LogP contribution in [0.15, 0.2) is 77.0 Å². The highest BCUT2D eigenvalue weighted by molar-refractivity contribution is 5.65. The first-order valence-corrected chi connectivity index (χ1v) is 9.98. The predicted molar refractivity (Wildman–Crippen MR) is 121 cm³/mol. The minimum absolute atomic E-state index is 0.0895.